The highest BCUT2D eigenvalue weighted by Crippen LogP contribution is 2.26. The van der Waals surface area contributed by atoms with Gasteiger partial charge in [0.25, 0.3) is 0 Å². The van der Waals surface area contributed by atoms with Crippen LogP contribution >= 0.6 is 15.9 Å². The minimum absolute atomic E-state index is 0.118. The highest BCUT2D eigenvalue weighted by Gasteiger charge is 2.18. The van der Waals surface area contributed by atoms with Crippen LogP contribution in [-0.4, -0.2) is 16.6 Å². The summed E-state index contributed by atoms with van der Waals surface area (Å²) in [6.45, 7) is 2.12. The molecular weight excluding hydrogens is 278 g/mol. The molecule has 0 spiro atoms. The van der Waals surface area contributed by atoms with Gasteiger partial charge in [-0.25, -0.2) is 4.98 Å². The molecule has 0 saturated carbocycles. The quantitative estimate of drug-likeness (QED) is 0.943. The van der Waals surface area contributed by atoms with Gasteiger partial charge in [-0.1, -0.05) is 22.0 Å². The summed E-state index contributed by atoms with van der Waals surface area (Å²) in [7, 11) is 3.97. The highest BCUT2D eigenvalue weighted by atomic mass is 79.9. The summed E-state index contributed by atoms with van der Waals surface area (Å²) < 4.78 is 3.13. The van der Waals surface area contributed by atoms with E-state index in [2.05, 4.69) is 51.4 Å². The van der Waals surface area contributed by atoms with Gasteiger partial charge in [0.05, 0.1) is 6.04 Å². The van der Waals surface area contributed by atoms with Gasteiger partial charge in [-0.2, -0.15) is 0 Å². The van der Waals surface area contributed by atoms with E-state index in [1.54, 1.807) is 0 Å². The van der Waals surface area contributed by atoms with Crippen molar-refractivity contribution in [3.05, 3.63) is 52.0 Å². The van der Waals surface area contributed by atoms with Crippen molar-refractivity contribution in [3.8, 4) is 0 Å². The standard InChI is InChI=1S/C13H16BrN3/c1-9-4-5-10(14)8-11(9)12(15-2)13-16-6-7-17(13)3/h4-8,12,15H,1-3H3. The second kappa shape index (κ2) is 5.02. The summed E-state index contributed by atoms with van der Waals surface area (Å²) in [6.07, 6.45) is 3.79. The van der Waals surface area contributed by atoms with Gasteiger partial charge in [-0.3, -0.25) is 0 Å². The van der Waals surface area contributed by atoms with Crippen LogP contribution in [0.2, 0.25) is 0 Å². The maximum Gasteiger partial charge on any atom is 0.130 e. The maximum atomic E-state index is 4.42. The smallest absolute Gasteiger partial charge is 0.130 e. The first kappa shape index (κ1) is 12.3. The summed E-state index contributed by atoms with van der Waals surface area (Å²) in [6, 6.07) is 6.44. The summed E-state index contributed by atoms with van der Waals surface area (Å²) in [4.78, 5) is 4.42. The minimum Gasteiger partial charge on any atom is -0.336 e. The van der Waals surface area contributed by atoms with Crippen molar-refractivity contribution >= 4 is 15.9 Å². The first-order valence-corrected chi connectivity index (χ1v) is 6.33. The maximum absolute atomic E-state index is 4.42. The Morgan fingerprint density at radius 2 is 2.18 bits per heavy atom. The van der Waals surface area contributed by atoms with Crippen molar-refractivity contribution < 1.29 is 0 Å². The lowest BCUT2D eigenvalue weighted by atomic mass is 10.0. The van der Waals surface area contributed by atoms with Gasteiger partial charge in [0.2, 0.25) is 0 Å². The lowest BCUT2D eigenvalue weighted by Gasteiger charge is -2.19. The molecule has 2 rings (SSSR count). The first-order chi connectivity index (χ1) is 8.13. The molecule has 1 aromatic carbocycles. The van der Waals surface area contributed by atoms with E-state index in [-0.39, 0.29) is 6.04 Å². The van der Waals surface area contributed by atoms with Gasteiger partial charge >= 0.3 is 0 Å². The SMILES string of the molecule is CNC(c1cc(Br)ccc1C)c1nccn1C. The topological polar surface area (TPSA) is 29.9 Å². The van der Waals surface area contributed by atoms with E-state index < -0.39 is 0 Å². The monoisotopic (exact) mass is 293 g/mol. The molecule has 1 atom stereocenters. The normalized spacial score (nSPS) is 12.7. The lowest BCUT2D eigenvalue weighted by Crippen LogP contribution is -2.22. The molecule has 0 aliphatic heterocycles. The molecule has 4 heteroatoms. The van der Waals surface area contributed by atoms with E-state index in [0.717, 1.165) is 10.3 Å². The largest absolute Gasteiger partial charge is 0.336 e. The Morgan fingerprint density at radius 3 is 2.76 bits per heavy atom. The van der Waals surface area contributed by atoms with Crippen LogP contribution in [-0.2, 0) is 7.05 Å². The van der Waals surface area contributed by atoms with E-state index in [0.29, 0.717) is 0 Å². The Bertz CT molecular complexity index is 519. The van der Waals surface area contributed by atoms with Gasteiger partial charge in [-0.05, 0) is 37.2 Å². The van der Waals surface area contributed by atoms with Crippen LogP contribution in [0.3, 0.4) is 0 Å². The van der Waals surface area contributed by atoms with Gasteiger partial charge in [0.15, 0.2) is 0 Å². The number of rotatable bonds is 3. The number of aromatic nitrogens is 2. The van der Waals surface area contributed by atoms with Crippen molar-refractivity contribution in [2.24, 2.45) is 7.05 Å². The van der Waals surface area contributed by atoms with E-state index in [9.17, 15) is 0 Å². The lowest BCUT2D eigenvalue weighted by molar-refractivity contribution is 0.614. The van der Waals surface area contributed by atoms with Crippen LogP contribution in [0.25, 0.3) is 0 Å². The molecule has 2 aromatic rings. The zero-order valence-electron chi connectivity index (χ0n) is 10.2. The number of aryl methyl sites for hydroxylation is 2. The molecule has 1 unspecified atom stereocenters. The molecule has 0 aliphatic rings. The van der Waals surface area contributed by atoms with Crippen molar-refractivity contribution in [1.29, 1.82) is 0 Å². The number of hydrogen-bond acceptors (Lipinski definition) is 2. The molecule has 17 heavy (non-hydrogen) atoms. The van der Waals surface area contributed by atoms with Crippen molar-refractivity contribution in [1.82, 2.24) is 14.9 Å². The molecule has 0 fully saturated rings. The van der Waals surface area contributed by atoms with E-state index in [1.807, 2.05) is 31.1 Å². The first-order valence-electron chi connectivity index (χ1n) is 5.54. The van der Waals surface area contributed by atoms with E-state index >= 15 is 0 Å². The number of nitrogens with one attached hydrogen (secondary N) is 1. The minimum atomic E-state index is 0.118. The summed E-state index contributed by atoms with van der Waals surface area (Å²) in [5, 5.41) is 3.33. The fraction of sp³-hybridized carbons (Fsp3) is 0.308. The van der Waals surface area contributed by atoms with Gasteiger partial charge in [0, 0.05) is 23.9 Å². The number of halogens is 1. The molecule has 1 aromatic heterocycles. The molecule has 0 radical (unpaired) electrons. The number of nitrogens with zero attached hydrogens (tertiary/aromatic N) is 2. The number of hydrogen-bond donors (Lipinski definition) is 1. The molecule has 90 valence electrons. The molecule has 3 nitrogen and oxygen atoms in total. The van der Waals surface area contributed by atoms with E-state index in [1.165, 1.54) is 11.1 Å². The fourth-order valence-electron chi connectivity index (χ4n) is 2.00. The predicted molar refractivity (Wildman–Crippen MR) is 73.0 cm³/mol. The van der Waals surface area contributed by atoms with Crippen LogP contribution in [0.1, 0.15) is 23.0 Å². The Hall–Kier alpha value is -1.13. The molecule has 0 saturated heterocycles. The van der Waals surface area contributed by atoms with Crippen LogP contribution in [0, 0.1) is 6.92 Å². The van der Waals surface area contributed by atoms with Crippen molar-refractivity contribution in [3.63, 3.8) is 0 Å². The number of imidazole rings is 1. The van der Waals surface area contributed by atoms with Gasteiger partial charge in [-0.15, -0.1) is 0 Å². The Balaban J connectivity index is 2.49. The van der Waals surface area contributed by atoms with Crippen LogP contribution < -0.4 is 5.32 Å². The van der Waals surface area contributed by atoms with Gasteiger partial charge < -0.3 is 9.88 Å². The summed E-state index contributed by atoms with van der Waals surface area (Å²) >= 11 is 3.52. The molecule has 1 N–H and O–H groups in total. The van der Waals surface area contributed by atoms with Crippen LogP contribution in [0.15, 0.2) is 35.1 Å². The summed E-state index contributed by atoms with van der Waals surface area (Å²) in [5.41, 5.74) is 2.51. The van der Waals surface area contributed by atoms with Crippen LogP contribution in [0.4, 0.5) is 0 Å². The Morgan fingerprint density at radius 1 is 1.41 bits per heavy atom. The van der Waals surface area contributed by atoms with Crippen LogP contribution in [0.5, 0.6) is 0 Å². The number of benzene rings is 1. The third-order valence-electron chi connectivity index (χ3n) is 2.96. The van der Waals surface area contributed by atoms with Crippen molar-refractivity contribution in [2.45, 2.75) is 13.0 Å². The second-order valence-corrected chi connectivity index (χ2v) is 5.03. The predicted octanol–water partition coefficient (Wildman–Crippen LogP) is 2.80. The summed E-state index contributed by atoms with van der Waals surface area (Å²) in [5.74, 6) is 1.02. The Labute approximate surface area is 110 Å². The second-order valence-electron chi connectivity index (χ2n) is 4.12. The highest BCUT2D eigenvalue weighted by molar-refractivity contribution is 9.10. The van der Waals surface area contributed by atoms with Crippen molar-refractivity contribution in [2.75, 3.05) is 7.05 Å². The van der Waals surface area contributed by atoms with E-state index in [4.69, 9.17) is 0 Å². The third kappa shape index (κ3) is 2.42. The molecule has 1 heterocycles. The molecule has 0 aliphatic carbocycles. The average Bonchev–Trinajstić information content (AvgIpc) is 2.71. The fourth-order valence-corrected chi connectivity index (χ4v) is 2.38. The third-order valence-corrected chi connectivity index (χ3v) is 3.45. The molecule has 0 amide bonds. The zero-order chi connectivity index (χ0) is 12.4. The molecular formula is C13H16BrN3. The zero-order valence-corrected chi connectivity index (χ0v) is 11.8. The average molecular weight is 294 g/mol. The van der Waals surface area contributed by atoms with Gasteiger partial charge in [0.1, 0.15) is 5.82 Å². The Kier molecular flexibility index (Phi) is 3.64. The molecule has 0 bridgehead atoms.